The molecule has 0 unspecified atom stereocenters. The van der Waals surface area contributed by atoms with E-state index in [2.05, 4.69) is 41.4 Å². The number of anilines is 1. The number of fused-ring (bicyclic) bond motifs is 1. The van der Waals surface area contributed by atoms with E-state index in [9.17, 15) is 0 Å². The molecule has 1 aromatic carbocycles. The number of rotatable bonds is 1. The summed E-state index contributed by atoms with van der Waals surface area (Å²) in [6.07, 6.45) is 4.09. The fourth-order valence-corrected chi connectivity index (χ4v) is 3.14. The summed E-state index contributed by atoms with van der Waals surface area (Å²) in [5, 5.41) is 3.65. The van der Waals surface area contributed by atoms with Crippen molar-refractivity contribution in [3.8, 4) is 0 Å². The predicted octanol–water partition coefficient (Wildman–Crippen LogP) is 2.33. The Kier molecular flexibility index (Phi) is 2.60. The van der Waals surface area contributed by atoms with Gasteiger partial charge in [-0.05, 0) is 38.3 Å². The Balaban J connectivity index is 1.85. The molecule has 0 radical (unpaired) electrons. The van der Waals surface area contributed by atoms with Crippen molar-refractivity contribution in [1.29, 1.82) is 0 Å². The minimum absolute atomic E-state index is 0.732. The Morgan fingerprint density at radius 1 is 1.19 bits per heavy atom. The lowest BCUT2D eigenvalue weighted by Crippen LogP contribution is -2.55. The number of nitrogens with zero attached hydrogens (tertiary/aromatic N) is 1. The van der Waals surface area contributed by atoms with Crippen molar-refractivity contribution in [2.24, 2.45) is 0 Å². The number of nitrogens with one attached hydrogen (secondary N) is 1. The third kappa shape index (κ3) is 1.71. The molecule has 3 rings (SSSR count). The number of hydrogen-bond acceptors (Lipinski definition) is 2. The Morgan fingerprint density at radius 2 is 2.00 bits per heavy atom. The first-order chi connectivity index (χ1) is 7.84. The molecule has 0 aromatic heterocycles. The maximum atomic E-state index is 3.65. The van der Waals surface area contributed by atoms with E-state index in [0.29, 0.717) is 0 Å². The third-order valence-electron chi connectivity index (χ3n) is 4.00. The molecule has 2 nitrogen and oxygen atoms in total. The first-order valence-corrected chi connectivity index (χ1v) is 6.41. The van der Waals surface area contributed by atoms with Gasteiger partial charge in [-0.25, -0.2) is 0 Å². The van der Waals surface area contributed by atoms with Crippen LogP contribution >= 0.6 is 0 Å². The smallest absolute Gasteiger partial charge is 0.0443 e. The van der Waals surface area contributed by atoms with Crippen molar-refractivity contribution >= 4 is 5.69 Å². The maximum Gasteiger partial charge on any atom is 0.0443 e. The van der Waals surface area contributed by atoms with Crippen molar-refractivity contribution in [3.05, 3.63) is 29.8 Å². The van der Waals surface area contributed by atoms with Gasteiger partial charge in [0.05, 0.1) is 0 Å². The van der Waals surface area contributed by atoms with Crippen molar-refractivity contribution in [2.75, 3.05) is 18.0 Å². The number of aryl methyl sites for hydroxylation is 1. The molecule has 1 heterocycles. The molecule has 0 spiro atoms. The molecule has 1 N–H and O–H groups in total. The monoisotopic (exact) mass is 216 g/mol. The Hall–Kier alpha value is -1.02. The van der Waals surface area contributed by atoms with Gasteiger partial charge in [0.2, 0.25) is 0 Å². The lowest BCUT2D eigenvalue weighted by Gasteiger charge is -2.40. The van der Waals surface area contributed by atoms with Crippen molar-refractivity contribution in [1.82, 2.24) is 5.32 Å². The minimum atomic E-state index is 0.732. The summed E-state index contributed by atoms with van der Waals surface area (Å²) >= 11 is 0. The van der Waals surface area contributed by atoms with Crippen LogP contribution in [0.15, 0.2) is 24.3 Å². The normalized spacial score (nSPS) is 29.2. The second-order valence-corrected chi connectivity index (χ2v) is 5.09. The highest BCUT2D eigenvalue weighted by molar-refractivity contribution is 5.49. The molecule has 1 aliphatic heterocycles. The molecule has 2 heteroatoms. The van der Waals surface area contributed by atoms with E-state index in [1.54, 1.807) is 0 Å². The van der Waals surface area contributed by atoms with Gasteiger partial charge in [0.25, 0.3) is 0 Å². The van der Waals surface area contributed by atoms with Gasteiger partial charge in [-0.1, -0.05) is 17.7 Å². The molecule has 2 aliphatic rings. The standard InChI is InChI=1S/C14H20N2/c1-11-5-7-12(8-6-11)16-10-9-15-13-3-2-4-14(13)16/h5-8,13-15H,2-4,9-10H2,1H3/t13-,14-/m1/s1. The predicted molar refractivity (Wildman–Crippen MR) is 68.0 cm³/mol. The fourth-order valence-electron chi connectivity index (χ4n) is 3.14. The number of hydrogen-bond donors (Lipinski definition) is 1. The van der Waals surface area contributed by atoms with E-state index in [-0.39, 0.29) is 0 Å². The zero-order valence-electron chi connectivity index (χ0n) is 9.95. The molecule has 86 valence electrons. The number of piperazine rings is 1. The average molecular weight is 216 g/mol. The second kappa shape index (κ2) is 4.10. The highest BCUT2D eigenvalue weighted by Crippen LogP contribution is 2.30. The molecule has 2 atom stereocenters. The van der Waals surface area contributed by atoms with E-state index in [1.165, 1.54) is 30.5 Å². The molecule has 1 aromatic rings. The van der Waals surface area contributed by atoms with Crippen LogP contribution in [0.3, 0.4) is 0 Å². The topological polar surface area (TPSA) is 15.3 Å². The van der Waals surface area contributed by atoms with Gasteiger partial charge in [0, 0.05) is 30.9 Å². The summed E-state index contributed by atoms with van der Waals surface area (Å²) in [4.78, 5) is 2.60. The largest absolute Gasteiger partial charge is 0.366 e. The Bertz CT molecular complexity index is 358. The lowest BCUT2D eigenvalue weighted by atomic mass is 10.1. The summed E-state index contributed by atoms with van der Waals surface area (Å²) in [5.41, 5.74) is 2.76. The van der Waals surface area contributed by atoms with Gasteiger partial charge >= 0.3 is 0 Å². The Labute approximate surface area is 97.6 Å². The summed E-state index contributed by atoms with van der Waals surface area (Å²) < 4.78 is 0. The maximum absolute atomic E-state index is 3.65. The molecule has 1 saturated heterocycles. The van der Waals surface area contributed by atoms with Crippen LogP contribution in [0.5, 0.6) is 0 Å². The second-order valence-electron chi connectivity index (χ2n) is 5.09. The molecule has 1 aliphatic carbocycles. The molecule has 0 bridgehead atoms. The van der Waals surface area contributed by atoms with Crippen LogP contribution in [-0.4, -0.2) is 25.2 Å². The number of benzene rings is 1. The summed E-state index contributed by atoms with van der Waals surface area (Å²) in [6.45, 7) is 4.44. The van der Waals surface area contributed by atoms with Crippen molar-refractivity contribution in [2.45, 2.75) is 38.3 Å². The van der Waals surface area contributed by atoms with E-state index in [0.717, 1.165) is 25.2 Å². The van der Waals surface area contributed by atoms with E-state index >= 15 is 0 Å². The van der Waals surface area contributed by atoms with Crippen LogP contribution in [0.2, 0.25) is 0 Å². The molecular formula is C14H20N2. The summed E-state index contributed by atoms with van der Waals surface area (Å²) in [7, 11) is 0. The van der Waals surface area contributed by atoms with E-state index in [4.69, 9.17) is 0 Å². The first kappa shape index (κ1) is 10.2. The molecule has 16 heavy (non-hydrogen) atoms. The highest BCUT2D eigenvalue weighted by atomic mass is 15.2. The third-order valence-corrected chi connectivity index (χ3v) is 4.00. The van der Waals surface area contributed by atoms with Gasteiger partial charge in [0.1, 0.15) is 0 Å². The van der Waals surface area contributed by atoms with Gasteiger partial charge in [0.15, 0.2) is 0 Å². The van der Waals surface area contributed by atoms with E-state index < -0.39 is 0 Å². The SMILES string of the molecule is Cc1ccc(N2CCN[C@@H]3CCC[C@H]32)cc1. The van der Waals surface area contributed by atoms with Crippen LogP contribution < -0.4 is 10.2 Å². The van der Waals surface area contributed by atoms with Gasteiger partial charge in [-0.3, -0.25) is 0 Å². The average Bonchev–Trinajstić information content (AvgIpc) is 2.78. The zero-order chi connectivity index (χ0) is 11.0. The lowest BCUT2D eigenvalue weighted by molar-refractivity contribution is 0.404. The van der Waals surface area contributed by atoms with Crippen molar-refractivity contribution in [3.63, 3.8) is 0 Å². The van der Waals surface area contributed by atoms with Crippen LogP contribution in [-0.2, 0) is 0 Å². The zero-order valence-corrected chi connectivity index (χ0v) is 9.95. The van der Waals surface area contributed by atoms with E-state index in [1.807, 2.05) is 0 Å². The van der Waals surface area contributed by atoms with Gasteiger partial charge in [-0.2, -0.15) is 0 Å². The van der Waals surface area contributed by atoms with Crippen molar-refractivity contribution < 1.29 is 0 Å². The Morgan fingerprint density at radius 3 is 2.81 bits per heavy atom. The molecule has 0 amide bonds. The molecular weight excluding hydrogens is 196 g/mol. The molecule has 1 saturated carbocycles. The molecule has 2 fully saturated rings. The van der Waals surface area contributed by atoms with Crippen LogP contribution in [0.1, 0.15) is 24.8 Å². The summed E-state index contributed by atoms with van der Waals surface area (Å²) in [6, 6.07) is 10.5. The van der Waals surface area contributed by atoms with Crippen LogP contribution in [0, 0.1) is 6.92 Å². The fraction of sp³-hybridized carbons (Fsp3) is 0.571. The quantitative estimate of drug-likeness (QED) is 0.775. The van der Waals surface area contributed by atoms with Crippen LogP contribution in [0.4, 0.5) is 5.69 Å². The first-order valence-electron chi connectivity index (χ1n) is 6.41. The highest BCUT2D eigenvalue weighted by Gasteiger charge is 2.34. The minimum Gasteiger partial charge on any atom is -0.366 e. The van der Waals surface area contributed by atoms with Crippen LogP contribution in [0.25, 0.3) is 0 Å². The van der Waals surface area contributed by atoms with Gasteiger partial charge in [-0.15, -0.1) is 0 Å². The van der Waals surface area contributed by atoms with Gasteiger partial charge < -0.3 is 10.2 Å². The summed E-state index contributed by atoms with van der Waals surface area (Å²) in [5.74, 6) is 0.